The lowest BCUT2D eigenvalue weighted by atomic mass is 9.93. The van der Waals surface area contributed by atoms with Gasteiger partial charge in [-0.15, -0.1) is 0 Å². The molecule has 29 nitrogen and oxygen atoms in total. The summed E-state index contributed by atoms with van der Waals surface area (Å²) in [7, 11) is 0. The van der Waals surface area contributed by atoms with Crippen molar-refractivity contribution in [2.45, 2.75) is 164 Å². The number of carbonyl (C=O) groups excluding carboxylic acids is 6. The van der Waals surface area contributed by atoms with Crippen molar-refractivity contribution in [3.05, 3.63) is 0 Å². The molecule has 4 aliphatic rings. The van der Waals surface area contributed by atoms with Gasteiger partial charge in [0.2, 0.25) is 11.8 Å². The minimum atomic E-state index is -2.42. The van der Waals surface area contributed by atoms with E-state index in [1.807, 2.05) is 0 Å². The number of carbonyl (C=O) groups is 8. The third-order valence-corrected chi connectivity index (χ3v) is 10.0. The van der Waals surface area contributed by atoms with Crippen LogP contribution < -0.4 is 10.6 Å². The molecule has 65 heavy (non-hydrogen) atoms. The van der Waals surface area contributed by atoms with Crippen LogP contribution in [0.25, 0.3) is 0 Å². The Morgan fingerprint density at radius 2 is 0.862 bits per heavy atom. The lowest BCUT2D eigenvalue weighted by Crippen LogP contribution is -2.71. The average Bonchev–Trinajstić information content (AvgIpc) is 3.19. The third-order valence-electron chi connectivity index (χ3n) is 10.0. The largest absolute Gasteiger partial charge is 0.479 e. The van der Waals surface area contributed by atoms with Crippen molar-refractivity contribution in [3.8, 4) is 0 Å². The van der Waals surface area contributed by atoms with E-state index >= 15 is 0 Å². The molecule has 2 amide bonds. The Hall–Kier alpha value is -4.76. The highest BCUT2D eigenvalue weighted by molar-refractivity contribution is 5.75. The van der Waals surface area contributed by atoms with E-state index in [1.165, 1.54) is 0 Å². The molecule has 4 heterocycles. The van der Waals surface area contributed by atoms with Crippen molar-refractivity contribution in [1.82, 2.24) is 10.6 Å². The van der Waals surface area contributed by atoms with Crippen molar-refractivity contribution in [1.29, 1.82) is 0 Å². The lowest BCUT2D eigenvalue weighted by molar-refractivity contribution is -0.369. The van der Waals surface area contributed by atoms with Crippen molar-refractivity contribution in [2.24, 2.45) is 0 Å². The van der Waals surface area contributed by atoms with Crippen LogP contribution in [-0.4, -0.2) is 224 Å². The minimum absolute atomic E-state index is 0.672. The molecular formula is C36H52N2O27. The Bertz CT molecular complexity index is 1750. The zero-order chi connectivity index (χ0) is 48.8. The molecule has 0 bridgehead atoms. The van der Waals surface area contributed by atoms with Crippen LogP contribution in [0.4, 0.5) is 0 Å². The second kappa shape index (κ2) is 22.6. The number of carboxylic acid groups (broad SMARTS) is 2. The number of esters is 4. The normalized spacial score (nSPS) is 39.4. The molecule has 4 saturated heterocycles. The van der Waals surface area contributed by atoms with Crippen LogP contribution in [0.1, 0.15) is 41.5 Å². The fraction of sp³-hybridized carbons (Fsp3) is 0.778. The molecule has 0 aromatic rings. The number of hydrogen-bond donors (Lipinski definition) is 10. The van der Waals surface area contributed by atoms with E-state index in [1.54, 1.807) is 0 Å². The second-order valence-electron chi connectivity index (χ2n) is 15.1. The van der Waals surface area contributed by atoms with Gasteiger partial charge < -0.3 is 104 Å². The molecule has 0 spiro atoms. The highest BCUT2D eigenvalue weighted by atomic mass is 16.8. The maximum Gasteiger partial charge on any atom is 0.335 e. The standard InChI is InChI=1S/C36H52N2O27/c1-9(39)37-17-26(24(57-13(5)43)15(59-33(17)54)7-55-11(3)41)61-36-23(49)21(47)28(30(65-36)32(52)53)63-34-18(38-10(2)40)27(25(58-14(6)44)16(60-34)8-56-12(4)42)62-35-22(48)19(45)20(46)29(64-35)31(50)51/h15-30,33-36,45-49,54H,7-8H2,1-6H3,(H,37,39)(H,38,40)(H,50,51)(H,52,53)/t15-,16-,17-,18-,19+,20+,21-,22-,23-,24-,25-,26-,27-,28+,29+,30+,33-,34+,35-,36-/m1/s1. The van der Waals surface area contributed by atoms with Crippen molar-refractivity contribution >= 4 is 47.6 Å². The zero-order valence-corrected chi connectivity index (χ0v) is 35.3. The number of hydrogen-bond acceptors (Lipinski definition) is 25. The molecule has 0 unspecified atom stereocenters. The van der Waals surface area contributed by atoms with Crippen LogP contribution in [0.15, 0.2) is 0 Å². The number of rotatable bonds is 16. The highest BCUT2D eigenvalue weighted by Crippen LogP contribution is 2.36. The summed E-state index contributed by atoms with van der Waals surface area (Å²) >= 11 is 0. The summed E-state index contributed by atoms with van der Waals surface area (Å²) in [5.41, 5.74) is 0. The fourth-order valence-electron chi connectivity index (χ4n) is 7.30. The van der Waals surface area contributed by atoms with Gasteiger partial charge >= 0.3 is 35.8 Å². The summed E-state index contributed by atoms with van der Waals surface area (Å²) in [6.07, 6.45) is -37.7. The van der Waals surface area contributed by atoms with Crippen LogP contribution in [0.2, 0.25) is 0 Å². The van der Waals surface area contributed by atoms with E-state index in [2.05, 4.69) is 10.6 Å². The number of aliphatic hydroxyl groups is 6. The first kappa shape index (κ1) is 52.9. The highest BCUT2D eigenvalue weighted by Gasteiger charge is 2.59. The molecular weight excluding hydrogens is 892 g/mol. The maximum absolute atomic E-state index is 12.9. The average molecular weight is 945 g/mol. The van der Waals surface area contributed by atoms with E-state index in [0.29, 0.717) is 0 Å². The third kappa shape index (κ3) is 13.2. The van der Waals surface area contributed by atoms with Gasteiger partial charge in [0.25, 0.3) is 0 Å². The van der Waals surface area contributed by atoms with Crippen LogP contribution in [0.3, 0.4) is 0 Å². The van der Waals surface area contributed by atoms with Crippen molar-refractivity contribution < 1.29 is 131 Å². The Labute approximate surface area is 366 Å². The van der Waals surface area contributed by atoms with Gasteiger partial charge in [-0.2, -0.15) is 0 Å². The molecule has 0 saturated carbocycles. The number of carboxylic acids is 2. The lowest BCUT2D eigenvalue weighted by Gasteiger charge is -2.50. The van der Waals surface area contributed by atoms with Gasteiger partial charge in [-0.25, -0.2) is 9.59 Å². The monoisotopic (exact) mass is 944 g/mol. The van der Waals surface area contributed by atoms with Crippen LogP contribution in [0, 0.1) is 0 Å². The van der Waals surface area contributed by atoms with Gasteiger partial charge in [0.15, 0.2) is 49.6 Å². The van der Waals surface area contributed by atoms with Gasteiger partial charge in [-0.1, -0.05) is 0 Å². The first-order valence-electron chi connectivity index (χ1n) is 19.6. The topological polar surface area (TPSA) is 424 Å². The quantitative estimate of drug-likeness (QED) is 0.0508. The van der Waals surface area contributed by atoms with E-state index in [4.69, 9.17) is 52.1 Å². The molecule has 368 valence electrons. The first-order valence-corrected chi connectivity index (χ1v) is 19.6. The summed E-state index contributed by atoms with van der Waals surface area (Å²) < 4.78 is 60.6. The summed E-state index contributed by atoms with van der Waals surface area (Å²) in [6.45, 7) is 4.31. The molecule has 0 aliphatic carbocycles. The molecule has 0 radical (unpaired) electrons. The van der Waals surface area contributed by atoms with Gasteiger partial charge in [0.1, 0.15) is 86.3 Å². The number of aliphatic carboxylic acids is 2. The fourth-order valence-corrected chi connectivity index (χ4v) is 7.30. The van der Waals surface area contributed by atoms with Crippen molar-refractivity contribution in [3.63, 3.8) is 0 Å². The number of nitrogens with one attached hydrogen (secondary N) is 2. The predicted molar refractivity (Wildman–Crippen MR) is 196 cm³/mol. The van der Waals surface area contributed by atoms with Gasteiger partial charge in [0, 0.05) is 41.5 Å². The van der Waals surface area contributed by atoms with Crippen LogP contribution in [0.5, 0.6) is 0 Å². The Balaban J connectivity index is 1.75. The summed E-state index contributed by atoms with van der Waals surface area (Å²) in [5.74, 6) is -9.31. The summed E-state index contributed by atoms with van der Waals surface area (Å²) in [4.78, 5) is 98.0. The Morgan fingerprint density at radius 1 is 0.446 bits per heavy atom. The SMILES string of the molecule is CC(=O)N[C@@H]1[C@@H](O[C@@H]2O[C@H](C(=O)O)[C@@H](O[C@@H]3O[C@H](COC(C)=O)[C@@H](OC(C)=O)[C@H](O[C@@H]4O[C@H](C(=O)O)[C@@H](O)[C@H](O)[C@H]4O)[C@H]3NC(C)=O)[C@H](O)[C@H]2O)[C@H](OC(C)=O)[C@@H](COC(C)=O)O[C@H]1O. The smallest absolute Gasteiger partial charge is 0.335 e. The molecule has 0 aromatic heterocycles. The Kier molecular flexibility index (Phi) is 18.4. The van der Waals surface area contributed by atoms with E-state index in [-0.39, 0.29) is 0 Å². The molecule has 29 heteroatoms. The van der Waals surface area contributed by atoms with Crippen LogP contribution >= 0.6 is 0 Å². The minimum Gasteiger partial charge on any atom is -0.479 e. The van der Waals surface area contributed by atoms with E-state index < -0.39 is 184 Å². The van der Waals surface area contributed by atoms with Crippen LogP contribution in [-0.2, 0) is 90.5 Å². The van der Waals surface area contributed by atoms with E-state index in [0.717, 1.165) is 41.5 Å². The maximum atomic E-state index is 12.9. The second-order valence-corrected chi connectivity index (χ2v) is 15.1. The van der Waals surface area contributed by atoms with Gasteiger partial charge in [-0.05, 0) is 0 Å². The molecule has 20 atom stereocenters. The van der Waals surface area contributed by atoms with Gasteiger partial charge in [-0.3, -0.25) is 28.8 Å². The summed E-state index contributed by atoms with van der Waals surface area (Å²) in [6, 6.07) is -3.58. The molecule has 4 fully saturated rings. The molecule has 4 aliphatic heterocycles. The first-order chi connectivity index (χ1) is 30.3. The predicted octanol–water partition coefficient (Wildman–Crippen LogP) is -6.99. The van der Waals surface area contributed by atoms with E-state index in [9.17, 15) is 79.2 Å². The molecule has 4 rings (SSSR count). The van der Waals surface area contributed by atoms with Gasteiger partial charge in [0.05, 0.1) is 0 Å². The number of amides is 2. The molecule has 10 N–H and O–H groups in total. The molecule has 0 aromatic carbocycles. The Morgan fingerprint density at radius 3 is 1.31 bits per heavy atom. The summed E-state index contributed by atoms with van der Waals surface area (Å²) in [5, 5.41) is 90.2. The van der Waals surface area contributed by atoms with Crippen molar-refractivity contribution in [2.75, 3.05) is 13.2 Å². The number of aliphatic hydroxyl groups excluding tert-OH is 6. The number of ether oxygens (including phenoxy) is 11. The zero-order valence-electron chi connectivity index (χ0n) is 35.3.